The highest BCUT2D eigenvalue weighted by Gasteiger charge is 2.31. The summed E-state index contributed by atoms with van der Waals surface area (Å²) in [7, 11) is -3.85. The number of ether oxygens (including phenoxy) is 1. The van der Waals surface area contributed by atoms with Crippen LogP contribution in [-0.4, -0.2) is 58.9 Å². The summed E-state index contributed by atoms with van der Waals surface area (Å²) in [4.78, 5) is 3.85. The van der Waals surface area contributed by atoms with Crippen molar-refractivity contribution in [1.82, 2.24) is 9.62 Å². The lowest BCUT2D eigenvalue weighted by atomic mass is 10.2. The number of nitrogens with zero attached hydrogens (tertiary/aromatic N) is 2. The van der Waals surface area contributed by atoms with Crippen molar-refractivity contribution in [2.45, 2.75) is 11.3 Å². The number of rotatable bonds is 7. The van der Waals surface area contributed by atoms with E-state index in [2.05, 4.69) is 14.4 Å². The maximum absolute atomic E-state index is 13.9. The van der Waals surface area contributed by atoms with Gasteiger partial charge in [0.15, 0.2) is 0 Å². The fourth-order valence-electron chi connectivity index (χ4n) is 3.16. The molecule has 164 valence electrons. The summed E-state index contributed by atoms with van der Waals surface area (Å²) in [5.74, 6) is -0.764. The number of sulfonamides is 1. The highest BCUT2D eigenvalue weighted by Crippen LogP contribution is 2.24. The minimum atomic E-state index is -4.84. The van der Waals surface area contributed by atoms with E-state index in [0.29, 0.717) is 38.4 Å². The van der Waals surface area contributed by atoms with E-state index in [1.54, 1.807) is 18.2 Å². The lowest BCUT2D eigenvalue weighted by Crippen LogP contribution is -2.48. The van der Waals surface area contributed by atoms with E-state index >= 15 is 0 Å². The Morgan fingerprint density at radius 2 is 1.60 bits per heavy atom. The molecule has 0 radical (unpaired) electrons. The van der Waals surface area contributed by atoms with Crippen molar-refractivity contribution >= 4 is 15.7 Å². The fourth-order valence-corrected chi connectivity index (χ4v) is 4.18. The molecule has 0 aromatic heterocycles. The van der Waals surface area contributed by atoms with Gasteiger partial charge in [0.05, 0.1) is 10.6 Å². The van der Waals surface area contributed by atoms with Gasteiger partial charge in [-0.25, -0.2) is 17.5 Å². The molecule has 0 amide bonds. The van der Waals surface area contributed by atoms with E-state index in [4.69, 9.17) is 0 Å². The SMILES string of the molecule is O=S(=O)(NCCN1CCN(c2ccccc2F)CC1)c1ccc(OC(F)(F)F)cc1. The third kappa shape index (κ3) is 6.07. The number of hydrogen-bond donors (Lipinski definition) is 1. The topological polar surface area (TPSA) is 61.9 Å². The van der Waals surface area contributed by atoms with Gasteiger partial charge in [0.1, 0.15) is 11.6 Å². The first-order valence-electron chi connectivity index (χ1n) is 9.21. The van der Waals surface area contributed by atoms with Gasteiger partial charge in [0, 0.05) is 39.3 Å². The summed E-state index contributed by atoms with van der Waals surface area (Å²) in [5, 5.41) is 0. The van der Waals surface area contributed by atoms with Crippen LogP contribution >= 0.6 is 0 Å². The average Bonchev–Trinajstić information content (AvgIpc) is 2.68. The zero-order chi connectivity index (χ0) is 21.8. The van der Waals surface area contributed by atoms with Crippen LogP contribution in [0.15, 0.2) is 53.4 Å². The van der Waals surface area contributed by atoms with Crippen molar-refractivity contribution in [3.63, 3.8) is 0 Å². The van der Waals surface area contributed by atoms with E-state index in [1.807, 2.05) is 4.90 Å². The number of hydrogen-bond acceptors (Lipinski definition) is 5. The first-order valence-corrected chi connectivity index (χ1v) is 10.7. The van der Waals surface area contributed by atoms with E-state index in [0.717, 1.165) is 24.3 Å². The van der Waals surface area contributed by atoms with Crippen molar-refractivity contribution in [2.24, 2.45) is 0 Å². The minimum absolute atomic E-state index is 0.142. The third-order valence-electron chi connectivity index (χ3n) is 4.65. The molecule has 0 spiro atoms. The lowest BCUT2D eigenvalue weighted by Gasteiger charge is -2.36. The van der Waals surface area contributed by atoms with Crippen molar-refractivity contribution in [3.8, 4) is 5.75 Å². The number of para-hydroxylation sites is 1. The Kier molecular flexibility index (Phi) is 6.84. The monoisotopic (exact) mass is 447 g/mol. The van der Waals surface area contributed by atoms with Crippen molar-refractivity contribution in [1.29, 1.82) is 0 Å². The molecular formula is C19H21F4N3O3S. The lowest BCUT2D eigenvalue weighted by molar-refractivity contribution is -0.274. The number of piperazine rings is 1. The van der Waals surface area contributed by atoms with Crippen LogP contribution in [0.4, 0.5) is 23.2 Å². The third-order valence-corrected chi connectivity index (χ3v) is 6.13. The maximum atomic E-state index is 13.9. The maximum Gasteiger partial charge on any atom is 0.573 e. The van der Waals surface area contributed by atoms with E-state index < -0.39 is 22.1 Å². The predicted octanol–water partition coefficient (Wildman–Crippen LogP) is 2.82. The van der Waals surface area contributed by atoms with Gasteiger partial charge in [-0.05, 0) is 36.4 Å². The Bertz CT molecular complexity index is 944. The molecule has 6 nitrogen and oxygen atoms in total. The number of benzene rings is 2. The van der Waals surface area contributed by atoms with Crippen LogP contribution in [0.2, 0.25) is 0 Å². The van der Waals surface area contributed by atoms with Crippen molar-refractivity contribution in [2.75, 3.05) is 44.2 Å². The number of nitrogens with one attached hydrogen (secondary N) is 1. The quantitative estimate of drug-likeness (QED) is 0.662. The van der Waals surface area contributed by atoms with Gasteiger partial charge in [-0.2, -0.15) is 0 Å². The van der Waals surface area contributed by atoms with Gasteiger partial charge in [0.25, 0.3) is 0 Å². The first kappa shape index (κ1) is 22.3. The molecule has 30 heavy (non-hydrogen) atoms. The summed E-state index contributed by atoms with van der Waals surface area (Å²) in [6.45, 7) is 3.14. The smallest absolute Gasteiger partial charge is 0.406 e. The molecule has 0 bridgehead atoms. The molecule has 1 N–H and O–H groups in total. The van der Waals surface area contributed by atoms with Crippen LogP contribution in [0.25, 0.3) is 0 Å². The molecule has 0 atom stereocenters. The minimum Gasteiger partial charge on any atom is -0.406 e. The van der Waals surface area contributed by atoms with Gasteiger partial charge >= 0.3 is 6.36 Å². The molecule has 0 saturated carbocycles. The Morgan fingerprint density at radius 1 is 0.967 bits per heavy atom. The fraction of sp³-hybridized carbons (Fsp3) is 0.368. The van der Waals surface area contributed by atoms with Crippen molar-refractivity contribution in [3.05, 3.63) is 54.3 Å². The largest absolute Gasteiger partial charge is 0.573 e. The molecule has 3 rings (SSSR count). The zero-order valence-electron chi connectivity index (χ0n) is 15.9. The van der Waals surface area contributed by atoms with Gasteiger partial charge in [0.2, 0.25) is 10.0 Å². The van der Waals surface area contributed by atoms with Crippen molar-refractivity contribution < 1.29 is 30.7 Å². The molecule has 1 saturated heterocycles. The standard InChI is InChI=1S/C19H21F4N3O3S/c20-17-3-1-2-4-18(17)26-13-11-25(12-14-26)10-9-24-30(27,28)16-7-5-15(6-8-16)29-19(21,22)23/h1-8,24H,9-14H2. The zero-order valence-corrected chi connectivity index (χ0v) is 16.7. The molecule has 0 aliphatic carbocycles. The molecule has 1 heterocycles. The predicted molar refractivity (Wildman–Crippen MR) is 103 cm³/mol. The summed E-state index contributed by atoms with van der Waals surface area (Å²) >= 11 is 0. The van der Waals surface area contributed by atoms with Crippen LogP contribution < -0.4 is 14.4 Å². The second-order valence-electron chi connectivity index (χ2n) is 6.70. The number of alkyl halides is 3. The highest BCUT2D eigenvalue weighted by molar-refractivity contribution is 7.89. The summed E-state index contributed by atoms with van der Waals surface area (Å²) in [5.41, 5.74) is 0.552. The number of anilines is 1. The molecule has 2 aromatic rings. The van der Waals surface area contributed by atoms with E-state index in [-0.39, 0.29) is 17.3 Å². The molecule has 1 aliphatic heterocycles. The van der Waals surface area contributed by atoms with Gasteiger partial charge in [-0.3, -0.25) is 4.90 Å². The van der Waals surface area contributed by atoms with Gasteiger partial charge < -0.3 is 9.64 Å². The van der Waals surface area contributed by atoms with Crippen LogP contribution in [0.1, 0.15) is 0 Å². The average molecular weight is 447 g/mol. The molecule has 11 heteroatoms. The van der Waals surface area contributed by atoms with Crippen LogP contribution in [0.3, 0.4) is 0 Å². The highest BCUT2D eigenvalue weighted by atomic mass is 32.2. The Labute approximate surface area is 172 Å². The van der Waals surface area contributed by atoms with Crippen LogP contribution in [0.5, 0.6) is 5.75 Å². The first-order chi connectivity index (χ1) is 14.1. The summed E-state index contributed by atoms with van der Waals surface area (Å²) in [6.07, 6.45) is -4.84. The van der Waals surface area contributed by atoms with Crippen LogP contribution in [-0.2, 0) is 10.0 Å². The summed E-state index contributed by atoms with van der Waals surface area (Å²) < 4.78 is 81.2. The molecule has 1 fully saturated rings. The Hall–Kier alpha value is -2.37. The number of halogens is 4. The normalized spacial score (nSPS) is 15.9. The summed E-state index contributed by atoms with van der Waals surface area (Å²) in [6, 6.07) is 10.6. The molecule has 2 aromatic carbocycles. The second-order valence-corrected chi connectivity index (χ2v) is 8.46. The van der Waals surface area contributed by atoms with E-state index in [9.17, 15) is 26.0 Å². The second kappa shape index (κ2) is 9.19. The van der Waals surface area contributed by atoms with E-state index in [1.165, 1.54) is 6.07 Å². The van der Waals surface area contributed by atoms with Gasteiger partial charge in [-0.1, -0.05) is 12.1 Å². The molecular weight excluding hydrogens is 426 g/mol. The molecule has 0 unspecified atom stereocenters. The molecule has 1 aliphatic rings. The Balaban J connectivity index is 1.46. The van der Waals surface area contributed by atoms with Crippen LogP contribution in [0, 0.1) is 5.82 Å². The van der Waals surface area contributed by atoms with Gasteiger partial charge in [-0.15, -0.1) is 13.2 Å². The Morgan fingerprint density at radius 3 is 2.20 bits per heavy atom.